The summed E-state index contributed by atoms with van der Waals surface area (Å²) in [6.45, 7) is 4.66. The van der Waals surface area contributed by atoms with Gasteiger partial charge in [0.2, 0.25) is 0 Å². The van der Waals surface area contributed by atoms with E-state index >= 15 is 0 Å². The van der Waals surface area contributed by atoms with E-state index in [0.717, 1.165) is 0 Å². The van der Waals surface area contributed by atoms with Gasteiger partial charge in [-0.25, -0.2) is 0 Å². The molecule has 25 heavy (non-hydrogen) atoms. The number of esters is 3. The lowest BCUT2D eigenvalue weighted by atomic mass is 9.96. The van der Waals surface area contributed by atoms with E-state index < -0.39 is 61.1 Å². The Kier molecular flexibility index (Phi) is 7.78. The molecule has 0 unspecified atom stereocenters. The third kappa shape index (κ3) is 6.31. The molecule has 0 saturated carbocycles. The summed E-state index contributed by atoms with van der Waals surface area (Å²) in [5, 5.41) is 2.56. The third-order valence-electron chi connectivity index (χ3n) is 3.37. The first-order valence-electron chi connectivity index (χ1n) is 7.61. The summed E-state index contributed by atoms with van der Waals surface area (Å²) in [5.74, 6) is -2.50. The second kappa shape index (κ2) is 9.33. The van der Waals surface area contributed by atoms with E-state index in [9.17, 15) is 19.2 Å². The van der Waals surface area contributed by atoms with Crippen LogP contribution in [0, 0.1) is 0 Å². The van der Waals surface area contributed by atoms with Gasteiger partial charge in [0.05, 0.1) is 12.1 Å². The lowest BCUT2D eigenvalue weighted by Crippen LogP contribution is -2.65. The van der Waals surface area contributed by atoms with E-state index in [1.54, 1.807) is 6.92 Å². The molecule has 0 aromatic rings. The Morgan fingerprint density at radius 1 is 0.960 bits per heavy atom. The van der Waals surface area contributed by atoms with Crippen LogP contribution in [0.15, 0.2) is 0 Å². The van der Waals surface area contributed by atoms with Gasteiger partial charge >= 0.3 is 17.9 Å². The molecule has 10 heteroatoms. The van der Waals surface area contributed by atoms with E-state index in [-0.39, 0.29) is 0 Å². The van der Waals surface area contributed by atoms with Crippen molar-refractivity contribution < 1.29 is 42.9 Å². The molecule has 0 aromatic heterocycles. The standard InChI is InChI=1S/C15H23NO9/c1-7-12(16-11(20)6-22-8(2)17)13(24-9(3)18)14(25-10(4)19)15(21-5)23-7/h7,12-15H,6H2,1-5H3,(H,16,20)/t7-,12-,13+,14+,15+/m1/s1. The number of hydrogen-bond donors (Lipinski definition) is 1. The minimum Gasteiger partial charge on any atom is -0.456 e. The van der Waals surface area contributed by atoms with Crippen LogP contribution in [0.4, 0.5) is 0 Å². The fourth-order valence-electron chi connectivity index (χ4n) is 2.43. The van der Waals surface area contributed by atoms with Crippen molar-refractivity contribution in [3.63, 3.8) is 0 Å². The SMILES string of the molecule is CO[C@H]1O[C@H](C)[C@@H](NC(=O)COC(C)=O)[C@H](OC(C)=O)[C@@H]1OC(C)=O. The number of methoxy groups -OCH3 is 1. The topological polar surface area (TPSA) is 126 Å². The predicted octanol–water partition coefficient (Wildman–Crippen LogP) is -0.711. The molecule has 1 heterocycles. The van der Waals surface area contributed by atoms with Crippen LogP contribution in [0.5, 0.6) is 0 Å². The van der Waals surface area contributed by atoms with Crippen molar-refractivity contribution in [3.05, 3.63) is 0 Å². The molecule has 0 spiro atoms. The average molecular weight is 361 g/mol. The molecular formula is C15H23NO9. The Bertz CT molecular complexity index is 521. The summed E-state index contributed by atoms with van der Waals surface area (Å²) in [7, 11) is 1.35. The van der Waals surface area contributed by atoms with Crippen molar-refractivity contribution in [2.75, 3.05) is 13.7 Å². The van der Waals surface area contributed by atoms with Gasteiger partial charge in [0, 0.05) is 27.9 Å². The van der Waals surface area contributed by atoms with E-state index in [2.05, 4.69) is 10.1 Å². The third-order valence-corrected chi connectivity index (χ3v) is 3.37. The van der Waals surface area contributed by atoms with Crippen molar-refractivity contribution >= 4 is 23.8 Å². The van der Waals surface area contributed by atoms with Gasteiger partial charge in [0.15, 0.2) is 25.1 Å². The van der Waals surface area contributed by atoms with Gasteiger partial charge in [0.25, 0.3) is 5.91 Å². The zero-order chi connectivity index (χ0) is 19.1. The quantitative estimate of drug-likeness (QED) is 0.482. The Labute approximate surface area is 145 Å². The number of amides is 1. The zero-order valence-corrected chi connectivity index (χ0v) is 14.8. The molecule has 1 N–H and O–H groups in total. The van der Waals surface area contributed by atoms with Crippen molar-refractivity contribution in [1.29, 1.82) is 0 Å². The first kappa shape index (κ1) is 20.8. The minimum absolute atomic E-state index is 0.503. The number of hydrogen-bond acceptors (Lipinski definition) is 9. The van der Waals surface area contributed by atoms with E-state index in [4.69, 9.17) is 18.9 Å². The zero-order valence-electron chi connectivity index (χ0n) is 14.8. The molecule has 142 valence electrons. The minimum atomic E-state index is -1.08. The first-order chi connectivity index (χ1) is 11.6. The van der Waals surface area contributed by atoms with Gasteiger partial charge in [-0.2, -0.15) is 0 Å². The molecule has 1 fully saturated rings. The molecule has 0 radical (unpaired) electrons. The highest BCUT2D eigenvalue weighted by molar-refractivity contribution is 5.80. The predicted molar refractivity (Wildman–Crippen MR) is 81.0 cm³/mol. The molecule has 1 amide bonds. The molecule has 1 aliphatic rings. The van der Waals surface area contributed by atoms with E-state index in [0.29, 0.717) is 0 Å². The molecular weight excluding hydrogens is 338 g/mol. The largest absolute Gasteiger partial charge is 0.456 e. The monoisotopic (exact) mass is 361 g/mol. The van der Waals surface area contributed by atoms with Gasteiger partial charge in [-0.3, -0.25) is 19.2 Å². The second-order valence-corrected chi connectivity index (χ2v) is 5.47. The first-order valence-corrected chi connectivity index (χ1v) is 7.61. The summed E-state index contributed by atoms with van der Waals surface area (Å²) in [5.41, 5.74) is 0. The number of carbonyl (C=O) groups excluding carboxylic acids is 4. The number of rotatable bonds is 6. The molecule has 0 aliphatic carbocycles. The molecule has 1 saturated heterocycles. The smallest absolute Gasteiger partial charge is 0.303 e. The van der Waals surface area contributed by atoms with Crippen molar-refractivity contribution in [2.24, 2.45) is 0 Å². The average Bonchev–Trinajstić information content (AvgIpc) is 2.50. The van der Waals surface area contributed by atoms with E-state index in [1.807, 2.05) is 0 Å². The highest BCUT2D eigenvalue weighted by Crippen LogP contribution is 2.26. The van der Waals surface area contributed by atoms with Gasteiger partial charge < -0.3 is 29.0 Å². The van der Waals surface area contributed by atoms with Crippen LogP contribution in [0.2, 0.25) is 0 Å². The van der Waals surface area contributed by atoms with Crippen LogP contribution in [0.3, 0.4) is 0 Å². The highest BCUT2D eigenvalue weighted by atomic mass is 16.7. The van der Waals surface area contributed by atoms with Crippen molar-refractivity contribution in [1.82, 2.24) is 5.32 Å². The van der Waals surface area contributed by atoms with Gasteiger partial charge in [0.1, 0.15) is 0 Å². The summed E-state index contributed by atoms with van der Waals surface area (Å²) < 4.78 is 25.8. The fraction of sp³-hybridized carbons (Fsp3) is 0.733. The van der Waals surface area contributed by atoms with Crippen molar-refractivity contribution in [3.8, 4) is 0 Å². The van der Waals surface area contributed by atoms with Crippen molar-refractivity contribution in [2.45, 2.75) is 58.3 Å². The fourth-order valence-corrected chi connectivity index (χ4v) is 2.43. The summed E-state index contributed by atoms with van der Waals surface area (Å²) >= 11 is 0. The van der Waals surface area contributed by atoms with Crippen LogP contribution >= 0.6 is 0 Å². The molecule has 5 atom stereocenters. The van der Waals surface area contributed by atoms with E-state index in [1.165, 1.54) is 27.9 Å². The summed E-state index contributed by atoms with van der Waals surface area (Å²) in [6.07, 6.45) is -3.75. The highest BCUT2D eigenvalue weighted by Gasteiger charge is 2.49. The molecule has 0 bridgehead atoms. The van der Waals surface area contributed by atoms with Crippen LogP contribution in [-0.2, 0) is 42.9 Å². The molecule has 0 aromatic carbocycles. The second-order valence-electron chi connectivity index (χ2n) is 5.47. The Balaban J connectivity index is 3.00. The number of ether oxygens (including phenoxy) is 5. The normalized spacial score (nSPS) is 28.6. The maximum atomic E-state index is 11.9. The van der Waals surface area contributed by atoms with Gasteiger partial charge in [-0.15, -0.1) is 0 Å². The van der Waals surface area contributed by atoms with Crippen LogP contribution in [0.25, 0.3) is 0 Å². The lowest BCUT2D eigenvalue weighted by Gasteiger charge is -2.43. The Morgan fingerprint density at radius 2 is 1.52 bits per heavy atom. The van der Waals surface area contributed by atoms with Crippen LogP contribution in [-0.4, -0.2) is 68.2 Å². The number of carbonyl (C=O) groups is 4. The Morgan fingerprint density at radius 3 is 2.00 bits per heavy atom. The lowest BCUT2D eigenvalue weighted by molar-refractivity contribution is -0.272. The molecule has 1 rings (SSSR count). The maximum Gasteiger partial charge on any atom is 0.303 e. The van der Waals surface area contributed by atoms with Gasteiger partial charge in [-0.05, 0) is 6.92 Å². The maximum absolute atomic E-state index is 11.9. The number of nitrogens with one attached hydrogen (secondary N) is 1. The van der Waals surface area contributed by atoms with Crippen LogP contribution in [0.1, 0.15) is 27.7 Å². The summed E-state index contributed by atoms with van der Waals surface area (Å²) in [4.78, 5) is 45.6. The molecule has 1 aliphatic heterocycles. The van der Waals surface area contributed by atoms with Crippen LogP contribution < -0.4 is 5.32 Å². The summed E-state index contributed by atoms with van der Waals surface area (Å²) in [6, 6.07) is -0.845. The Hall–Kier alpha value is -2.20. The van der Waals surface area contributed by atoms with Gasteiger partial charge in [-0.1, -0.05) is 0 Å². The molecule has 10 nitrogen and oxygen atoms in total.